The number of alkyl carbamates (subject to hydrolysis) is 2. The lowest BCUT2D eigenvalue weighted by atomic mass is 9.98. The topological polar surface area (TPSA) is 300 Å². The van der Waals surface area contributed by atoms with Crippen LogP contribution in [0.5, 0.6) is 23.5 Å². The minimum atomic E-state index is -1.26. The molecule has 0 radical (unpaired) electrons. The highest BCUT2D eigenvalue weighted by atomic mass is 16.6. The molecule has 6 amide bonds. The predicted octanol–water partition coefficient (Wildman–Crippen LogP) is 7.57. The summed E-state index contributed by atoms with van der Waals surface area (Å²) in [4.78, 5) is 88.1. The number of nitrogens with one attached hydrogen (secondary N) is 4. The number of carbonyl (C=O) groups is 6. The molecule has 4 heterocycles. The molecule has 0 unspecified atom stereocenters. The largest absolute Gasteiger partial charge is 0.449 e. The van der Waals surface area contributed by atoms with E-state index in [1.807, 2.05) is 133 Å². The minimum Gasteiger partial charge on any atom is -0.449 e. The molecule has 2 aliphatic heterocycles. The van der Waals surface area contributed by atoms with Crippen molar-refractivity contribution in [3.05, 3.63) is 180 Å². The van der Waals surface area contributed by atoms with Crippen LogP contribution < -0.4 is 30.7 Å². The minimum absolute atomic E-state index is 0.0293. The van der Waals surface area contributed by atoms with Crippen molar-refractivity contribution in [3.8, 4) is 69.5 Å². The van der Waals surface area contributed by atoms with Crippen LogP contribution in [0.4, 0.5) is 9.59 Å². The van der Waals surface area contributed by atoms with Gasteiger partial charge in [0.05, 0.1) is 37.4 Å². The first-order valence-corrected chi connectivity index (χ1v) is 33.4. The molecule has 26 heteroatoms. The number of carbonyl (C=O) groups excluding carboxylic acids is 6. The van der Waals surface area contributed by atoms with Crippen molar-refractivity contribution in [2.24, 2.45) is 0 Å². The Labute approximate surface area is 577 Å². The quantitative estimate of drug-likeness (QED) is 0.0380. The second kappa shape index (κ2) is 32.3. The Morgan fingerprint density at radius 3 is 1.19 bits per heavy atom. The standard InChI is InChI=1S/C74H76N14O12/c1-47(75-73(93)97-45-63-59-35-17-13-31-55(59)56-32-14-18-36-60(56)63)67(89)77-65(69(91)85-39-23-25-51(85)43-87-71(79-81-83-87)99-53-27-9-7-10-28-53)49(3)95-41-21-5-6-22-42-96-50(4)66(70(92)86-40-24-26-52(86)44-88-72(80-82-84-88)100-54-29-11-8-12-30-54)78-68(90)48(2)76-74(94)98-46-64-61-37-19-15-33-57(61)58-34-16-20-38-62(58)64/h7-20,27-38,47-52,63-66H,23-26,39-46H2,1-4H3,(H,75,93)(H,76,94)(H,77,89)(H,78,90)/t47-,48-,49+,50+,51-,52-,65-,66-/m0/s1. The van der Waals surface area contributed by atoms with E-state index in [1.54, 1.807) is 47.9 Å². The molecule has 12 rings (SSSR count). The van der Waals surface area contributed by atoms with Gasteiger partial charge in [-0.2, -0.15) is 9.36 Å². The summed E-state index contributed by atoms with van der Waals surface area (Å²) in [5.41, 5.74) is 8.41. The van der Waals surface area contributed by atoms with Crippen LogP contribution in [-0.2, 0) is 51.2 Å². The maximum absolute atomic E-state index is 14.8. The number of nitrogens with zero attached hydrogens (tertiary/aromatic N) is 10. The highest BCUT2D eigenvalue weighted by Crippen LogP contribution is 2.46. The number of aromatic nitrogens is 8. The average Bonchev–Trinajstić information content (AvgIpc) is 1.62. The summed E-state index contributed by atoms with van der Waals surface area (Å²) in [6.45, 7) is 6.96. The first-order valence-electron chi connectivity index (χ1n) is 33.4. The third kappa shape index (κ3) is 16.2. The molecule has 4 N–H and O–H groups in total. The Bertz CT molecular complexity index is 3990. The number of tetrazole rings is 2. The summed E-state index contributed by atoms with van der Waals surface area (Å²) in [6.07, 6.45) is -1.06. The molecular formula is C74H76N14O12. The van der Waals surface area contributed by atoms with Gasteiger partial charge < -0.3 is 59.5 Å². The zero-order valence-corrected chi connectivity index (χ0v) is 55.6. The number of rotatable bonds is 26. The fraction of sp³-hybridized carbons (Fsp3) is 0.351. The summed E-state index contributed by atoms with van der Waals surface area (Å²) in [7, 11) is 0. The number of likely N-dealkylation sites (tertiary alicyclic amines) is 2. The van der Waals surface area contributed by atoms with Gasteiger partial charge in [-0.3, -0.25) is 19.2 Å². The van der Waals surface area contributed by atoms with Crippen molar-refractivity contribution in [1.29, 1.82) is 0 Å². The molecule has 2 aromatic heterocycles. The zero-order chi connectivity index (χ0) is 69.5. The summed E-state index contributed by atoms with van der Waals surface area (Å²) >= 11 is 0. The van der Waals surface area contributed by atoms with Crippen molar-refractivity contribution >= 4 is 35.8 Å². The predicted molar refractivity (Wildman–Crippen MR) is 364 cm³/mol. The van der Waals surface area contributed by atoms with E-state index in [2.05, 4.69) is 76.0 Å². The Hall–Kier alpha value is -11.5. The summed E-state index contributed by atoms with van der Waals surface area (Å²) < 4.78 is 38.7. The first kappa shape index (κ1) is 68.5. The Balaban J connectivity index is 0.687. The van der Waals surface area contributed by atoms with E-state index in [1.165, 1.54) is 23.2 Å². The maximum Gasteiger partial charge on any atom is 0.407 e. The Kier molecular flexibility index (Phi) is 22.1. The number of benzene rings is 6. The monoisotopic (exact) mass is 1350 g/mol. The van der Waals surface area contributed by atoms with Crippen molar-refractivity contribution in [2.45, 2.75) is 127 Å². The van der Waals surface area contributed by atoms with Crippen molar-refractivity contribution in [2.75, 3.05) is 39.5 Å². The summed E-state index contributed by atoms with van der Waals surface area (Å²) in [5, 5.41) is 35.1. The molecule has 0 spiro atoms. The number of ether oxygens (including phenoxy) is 6. The molecule has 6 aromatic carbocycles. The lowest BCUT2D eigenvalue weighted by Gasteiger charge is -2.32. The molecule has 26 nitrogen and oxygen atoms in total. The van der Waals surface area contributed by atoms with Gasteiger partial charge in [-0.05, 0) is 155 Å². The van der Waals surface area contributed by atoms with Gasteiger partial charge >= 0.3 is 24.2 Å². The molecule has 100 heavy (non-hydrogen) atoms. The fourth-order valence-electron chi connectivity index (χ4n) is 13.1. The second-order valence-electron chi connectivity index (χ2n) is 24.8. The van der Waals surface area contributed by atoms with Crippen LogP contribution in [0.15, 0.2) is 158 Å². The normalized spacial score (nSPS) is 16.8. The summed E-state index contributed by atoms with van der Waals surface area (Å²) in [6, 6.07) is 44.6. The van der Waals surface area contributed by atoms with Crippen LogP contribution in [0.3, 0.4) is 0 Å². The van der Waals surface area contributed by atoms with Gasteiger partial charge in [0.2, 0.25) is 23.6 Å². The van der Waals surface area contributed by atoms with Crippen LogP contribution in [0.25, 0.3) is 22.3 Å². The van der Waals surface area contributed by atoms with Gasteiger partial charge in [0.15, 0.2) is 0 Å². The van der Waals surface area contributed by atoms with E-state index in [0.717, 1.165) is 44.5 Å². The molecule has 514 valence electrons. The van der Waals surface area contributed by atoms with Gasteiger partial charge in [-0.1, -0.05) is 155 Å². The lowest BCUT2D eigenvalue weighted by molar-refractivity contribution is -0.141. The second-order valence-corrected chi connectivity index (χ2v) is 24.8. The van der Waals surface area contributed by atoms with E-state index in [9.17, 15) is 28.8 Å². The summed E-state index contributed by atoms with van der Waals surface area (Å²) in [5.74, 6) is 9.60. The molecular weight excluding hydrogens is 1280 g/mol. The van der Waals surface area contributed by atoms with E-state index < -0.39 is 84.3 Å². The highest BCUT2D eigenvalue weighted by Gasteiger charge is 2.41. The molecule has 8 atom stereocenters. The number of fused-ring (bicyclic) bond motifs is 6. The van der Waals surface area contributed by atoms with Gasteiger partial charge in [-0.25, -0.2) is 9.59 Å². The molecule has 8 aromatic rings. The molecule has 2 saturated heterocycles. The fourth-order valence-corrected chi connectivity index (χ4v) is 13.1. The smallest absolute Gasteiger partial charge is 0.407 e. The van der Waals surface area contributed by atoms with Crippen LogP contribution in [0.1, 0.15) is 87.5 Å². The Morgan fingerprint density at radius 1 is 0.470 bits per heavy atom. The van der Waals surface area contributed by atoms with E-state index >= 15 is 0 Å². The number of hydrogen-bond acceptors (Lipinski definition) is 18. The zero-order valence-electron chi connectivity index (χ0n) is 55.6. The number of para-hydroxylation sites is 2. The third-order valence-electron chi connectivity index (χ3n) is 18.3. The number of hydrogen-bond donors (Lipinski definition) is 4. The SMILES string of the molecule is C[C@H](NC(=O)OCC1c2ccccc2-c2ccccc21)C(=O)N[C@H](C(=O)N1CCC[C@H]1Cn1nnnc1Oc1ccccc1)[C@@H](C)OCC#CC#CCO[C@H](C)[C@H](NC(=O)[C@H](C)NC(=O)OCC1c2ccccc2-c2ccccc21)C(=O)N1CCC[C@H]1Cn1nnnc1Oc1ccccc1. The first-order chi connectivity index (χ1) is 48.8. The average molecular weight is 1350 g/mol. The van der Waals surface area contributed by atoms with E-state index in [4.69, 9.17) is 28.4 Å². The van der Waals surface area contributed by atoms with Gasteiger partial charge in [0.1, 0.15) is 62.1 Å². The lowest BCUT2D eigenvalue weighted by Crippen LogP contribution is -2.58. The van der Waals surface area contributed by atoms with Crippen LogP contribution in [-0.4, -0.2) is 174 Å². The molecule has 4 aliphatic rings. The van der Waals surface area contributed by atoms with Gasteiger partial charge in [0.25, 0.3) is 0 Å². The Morgan fingerprint density at radius 2 is 0.820 bits per heavy atom. The van der Waals surface area contributed by atoms with Crippen LogP contribution in [0.2, 0.25) is 0 Å². The van der Waals surface area contributed by atoms with Crippen molar-refractivity contribution in [3.63, 3.8) is 0 Å². The van der Waals surface area contributed by atoms with Gasteiger partial charge in [-0.15, -0.1) is 0 Å². The molecule has 0 bridgehead atoms. The van der Waals surface area contributed by atoms with E-state index in [0.29, 0.717) is 50.3 Å². The number of amides is 6. The highest BCUT2D eigenvalue weighted by molar-refractivity contribution is 5.93. The van der Waals surface area contributed by atoms with Crippen molar-refractivity contribution < 1.29 is 57.2 Å². The van der Waals surface area contributed by atoms with Crippen molar-refractivity contribution in [1.82, 2.24) is 71.5 Å². The molecule has 0 saturated carbocycles. The van der Waals surface area contributed by atoms with E-state index in [-0.39, 0.29) is 63.4 Å². The third-order valence-corrected chi connectivity index (χ3v) is 18.3. The molecule has 2 fully saturated rings. The maximum atomic E-state index is 14.8. The van der Waals surface area contributed by atoms with Gasteiger partial charge in [0, 0.05) is 24.9 Å². The molecule has 2 aliphatic carbocycles. The van der Waals surface area contributed by atoms with Crippen LogP contribution >= 0.6 is 0 Å². The van der Waals surface area contributed by atoms with Crippen LogP contribution in [0, 0.1) is 23.7 Å².